The van der Waals surface area contributed by atoms with Gasteiger partial charge in [0.1, 0.15) is 0 Å². The Kier molecular flexibility index (Phi) is 6.23. The number of aryl methyl sites for hydroxylation is 1. The first-order chi connectivity index (χ1) is 9.09. The fraction of sp³-hybridized carbons (Fsp3) is 0.625. The Morgan fingerprint density at radius 2 is 1.58 bits per heavy atom. The minimum atomic E-state index is 0.129. The van der Waals surface area contributed by atoms with Gasteiger partial charge in [-0.25, -0.2) is 0 Å². The normalized spacial score (nSPS) is 19.8. The first kappa shape index (κ1) is 15.9. The van der Waals surface area contributed by atoms with E-state index in [1.807, 2.05) is 0 Å². The monoisotopic (exact) mass is 406 g/mol. The summed E-state index contributed by atoms with van der Waals surface area (Å²) in [5.41, 5.74) is 2.49. The summed E-state index contributed by atoms with van der Waals surface area (Å²) in [4.78, 5) is 0. The summed E-state index contributed by atoms with van der Waals surface area (Å²) in [6, 6.07) is 4.35. The van der Waals surface area contributed by atoms with E-state index in [4.69, 9.17) is 11.6 Å². The maximum atomic E-state index is 6.79. The fourth-order valence-corrected chi connectivity index (χ4v) is 4.54. The number of halogens is 3. The molecule has 1 aromatic rings. The van der Waals surface area contributed by atoms with Crippen LogP contribution in [0.15, 0.2) is 21.1 Å². The van der Waals surface area contributed by atoms with Crippen LogP contribution in [0.5, 0.6) is 0 Å². The zero-order valence-electron chi connectivity index (χ0n) is 11.4. The average molecular weight is 409 g/mol. The van der Waals surface area contributed by atoms with Crippen molar-refractivity contribution in [1.29, 1.82) is 0 Å². The number of rotatable bonds is 2. The van der Waals surface area contributed by atoms with Crippen LogP contribution in [-0.4, -0.2) is 0 Å². The standard InChI is InChI=1S/C16H21Br2Cl/c1-11-9-15(18)13(10-14(11)17)16(19)12-7-5-3-2-4-6-8-12/h9-10,12,16H,2-8H2,1H3. The Bertz CT molecular complexity index is 423. The summed E-state index contributed by atoms with van der Waals surface area (Å²) < 4.78 is 2.30. The second-order valence-corrected chi connectivity index (χ2v) is 7.81. The van der Waals surface area contributed by atoms with Crippen LogP contribution in [0.3, 0.4) is 0 Å². The summed E-state index contributed by atoms with van der Waals surface area (Å²) in [5, 5.41) is 0.129. The van der Waals surface area contributed by atoms with Crippen LogP contribution in [0.25, 0.3) is 0 Å². The van der Waals surface area contributed by atoms with Crippen molar-refractivity contribution >= 4 is 43.5 Å². The molecule has 0 heterocycles. The molecule has 106 valence electrons. The first-order valence-electron chi connectivity index (χ1n) is 7.19. The van der Waals surface area contributed by atoms with E-state index in [2.05, 4.69) is 50.9 Å². The zero-order chi connectivity index (χ0) is 13.8. The van der Waals surface area contributed by atoms with Crippen LogP contribution < -0.4 is 0 Å². The number of benzene rings is 1. The smallest absolute Gasteiger partial charge is 0.0624 e. The molecule has 2 rings (SSSR count). The third-order valence-electron chi connectivity index (χ3n) is 4.14. The van der Waals surface area contributed by atoms with Gasteiger partial charge >= 0.3 is 0 Å². The quantitative estimate of drug-likeness (QED) is 0.455. The highest BCUT2D eigenvalue weighted by Gasteiger charge is 2.23. The summed E-state index contributed by atoms with van der Waals surface area (Å²) in [6.07, 6.45) is 9.35. The molecule has 1 fully saturated rings. The van der Waals surface area contributed by atoms with Gasteiger partial charge in [-0.1, -0.05) is 64.0 Å². The molecule has 0 N–H and O–H groups in total. The summed E-state index contributed by atoms with van der Waals surface area (Å²) in [7, 11) is 0. The lowest BCUT2D eigenvalue weighted by Gasteiger charge is -2.25. The molecule has 0 aromatic heterocycles. The molecule has 0 amide bonds. The van der Waals surface area contributed by atoms with Crippen LogP contribution in [0.4, 0.5) is 0 Å². The minimum absolute atomic E-state index is 0.129. The molecular weight excluding hydrogens is 387 g/mol. The van der Waals surface area contributed by atoms with E-state index >= 15 is 0 Å². The molecule has 1 aliphatic carbocycles. The largest absolute Gasteiger partial charge is 0.117 e. The van der Waals surface area contributed by atoms with E-state index in [0.29, 0.717) is 5.92 Å². The van der Waals surface area contributed by atoms with E-state index < -0.39 is 0 Å². The molecular formula is C16H21Br2Cl. The Morgan fingerprint density at radius 1 is 1.00 bits per heavy atom. The lowest BCUT2D eigenvalue weighted by molar-refractivity contribution is 0.368. The van der Waals surface area contributed by atoms with E-state index in [1.54, 1.807) is 0 Å². The van der Waals surface area contributed by atoms with E-state index in [0.717, 1.165) is 8.95 Å². The lowest BCUT2D eigenvalue weighted by atomic mass is 9.86. The topological polar surface area (TPSA) is 0 Å². The molecule has 0 bridgehead atoms. The molecule has 0 saturated heterocycles. The van der Waals surface area contributed by atoms with Gasteiger partial charge in [0.25, 0.3) is 0 Å². The van der Waals surface area contributed by atoms with Gasteiger partial charge in [-0.05, 0) is 48.9 Å². The predicted octanol–water partition coefficient (Wildman–Crippen LogP) is 7.16. The van der Waals surface area contributed by atoms with Crippen LogP contribution in [-0.2, 0) is 0 Å². The van der Waals surface area contributed by atoms with Crippen LogP contribution >= 0.6 is 43.5 Å². The van der Waals surface area contributed by atoms with Crippen molar-refractivity contribution in [3.05, 3.63) is 32.2 Å². The van der Waals surface area contributed by atoms with Crippen LogP contribution in [0.2, 0.25) is 0 Å². The Hall–Kier alpha value is 0.470. The number of alkyl halides is 1. The van der Waals surface area contributed by atoms with Crippen molar-refractivity contribution in [1.82, 2.24) is 0 Å². The van der Waals surface area contributed by atoms with Gasteiger partial charge in [-0.15, -0.1) is 11.6 Å². The molecule has 1 aliphatic rings. The molecule has 1 saturated carbocycles. The maximum Gasteiger partial charge on any atom is 0.0624 e. The van der Waals surface area contributed by atoms with Crippen molar-refractivity contribution < 1.29 is 0 Å². The van der Waals surface area contributed by atoms with E-state index in [9.17, 15) is 0 Å². The summed E-state index contributed by atoms with van der Waals surface area (Å²) >= 11 is 14.1. The third-order valence-corrected chi connectivity index (χ3v) is 6.27. The molecule has 1 unspecified atom stereocenters. The first-order valence-corrected chi connectivity index (χ1v) is 9.21. The highest BCUT2D eigenvalue weighted by molar-refractivity contribution is 9.11. The average Bonchev–Trinajstić information content (AvgIpc) is 2.32. The van der Waals surface area contributed by atoms with Gasteiger partial charge in [0.05, 0.1) is 5.38 Å². The highest BCUT2D eigenvalue weighted by atomic mass is 79.9. The Labute approximate surface area is 138 Å². The number of hydrogen-bond donors (Lipinski definition) is 0. The van der Waals surface area contributed by atoms with Crippen molar-refractivity contribution in [2.45, 2.75) is 57.2 Å². The maximum absolute atomic E-state index is 6.79. The molecule has 0 spiro atoms. The van der Waals surface area contributed by atoms with Gasteiger partial charge < -0.3 is 0 Å². The van der Waals surface area contributed by atoms with Crippen molar-refractivity contribution in [3.63, 3.8) is 0 Å². The zero-order valence-corrected chi connectivity index (χ0v) is 15.3. The molecule has 1 atom stereocenters. The van der Waals surface area contributed by atoms with Crippen molar-refractivity contribution in [2.24, 2.45) is 5.92 Å². The second kappa shape index (κ2) is 7.47. The van der Waals surface area contributed by atoms with Gasteiger partial charge in [0, 0.05) is 8.95 Å². The van der Waals surface area contributed by atoms with E-state index in [-0.39, 0.29) is 5.38 Å². The van der Waals surface area contributed by atoms with Crippen molar-refractivity contribution in [2.75, 3.05) is 0 Å². The summed E-state index contributed by atoms with van der Waals surface area (Å²) in [5.74, 6) is 0.618. The van der Waals surface area contributed by atoms with Gasteiger partial charge in [0.15, 0.2) is 0 Å². The lowest BCUT2D eigenvalue weighted by Crippen LogP contribution is -2.11. The molecule has 19 heavy (non-hydrogen) atoms. The molecule has 0 radical (unpaired) electrons. The van der Waals surface area contributed by atoms with Crippen molar-refractivity contribution in [3.8, 4) is 0 Å². The number of hydrogen-bond acceptors (Lipinski definition) is 0. The molecule has 0 aliphatic heterocycles. The predicted molar refractivity (Wildman–Crippen MR) is 91.0 cm³/mol. The van der Waals surface area contributed by atoms with E-state index in [1.165, 1.54) is 56.1 Å². The van der Waals surface area contributed by atoms with Crippen LogP contribution in [0, 0.1) is 12.8 Å². The minimum Gasteiger partial charge on any atom is -0.117 e. The Balaban J connectivity index is 2.17. The second-order valence-electron chi connectivity index (χ2n) is 5.63. The van der Waals surface area contributed by atoms with Crippen LogP contribution in [0.1, 0.15) is 61.4 Å². The van der Waals surface area contributed by atoms with Gasteiger partial charge in [-0.3, -0.25) is 0 Å². The van der Waals surface area contributed by atoms with Gasteiger partial charge in [-0.2, -0.15) is 0 Å². The molecule has 0 nitrogen and oxygen atoms in total. The Morgan fingerprint density at radius 3 is 2.21 bits per heavy atom. The molecule has 3 heteroatoms. The summed E-state index contributed by atoms with van der Waals surface area (Å²) in [6.45, 7) is 2.11. The third kappa shape index (κ3) is 4.22. The SMILES string of the molecule is Cc1cc(Br)c(C(Cl)C2CCCCCCC2)cc1Br. The molecule has 1 aromatic carbocycles. The highest BCUT2D eigenvalue weighted by Crippen LogP contribution is 2.41. The fourth-order valence-electron chi connectivity index (χ4n) is 2.91. The van der Waals surface area contributed by atoms with Gasteiger partial charge in [0.2, 0.25) is 0 Å².